The van der Waals surface area contributed by atoms with E-state index in [0.717, 1.165) is 27.7 Å². The monoisotopic (exact) mass is 379 g/mol. The van der Waals surface area contributed by atoms with E-state index in [4.69, 9.17) is 9.26 Å². The van der Waals surface area contributed by atoms with E-state index >= 15 is 0 Å². The fraction of sp³-hybridized carbons (Fsp3) is 0.158. The summed E-state index contributed by atoms with van der Waals surface area (Å²) < 4.78 is 10.6. The third-order valence-corrected chi connectivity index (χ3v) is 4.78. The quantitative estimate of drug-likeness (QED) is 0.503. The highest BCUT2D eigenvalue weighted by Gasteiger charge is 2.12. The van der Waals surface area contributed by atoms with Gasteiger partial charge in [-0.3, -0.25) is 0 Å². The standard InChI is InChI=1S/C19H17N5O2S/c1-24(12-17-20-9-10-27-17)16-8-5-14(11-21-16)19-22-18(23-26-19)13-3-6-15(25-2)7-4-13/h3-11H,12H2,1-2H3. The van der Waals surface area contributed by atoms with Gasteiger partial charge < -0.3 is 14.2 Å². The maximum absolute atomic E-state index is 5.39. The van der Waals surface area contributed by atoms with Crippen molar-refractivity contribution >= 4 is 17.2 Å². The fourth-order valence-corrected chi connectivity index (χ4v) is 3.22. The van der Waals surface area contributed by atoms with Crippen LogP contribution in [-0.4, -0.2) is 34.3 Å². The van der Waals surface area contributed by atoms with E-state index in [1.165, 1.54) is 0 Å². The molecule has 136 valence electrons. The number of aromatic nitrogens is 4. The summed E-state index contributed by atoms with van der Waals surface area (Å²) in [6.45, 7) is 0.714. The Bertz CT molecular complexity index is 998. The summed E-state index contributed by atoms with van der Waals surface area (Å²) in [5.74, 6) is 2.59. The molecular formula is C19H17N5O2S. The van der Waals surface area contributed by atoms with Crippen LogP contribution in [0.2, 0.25) is 0 Å². The minimum atomic E-state index is 0.433. The summed E-state index contributed by atoms with van der Waals surface area (Å²) in [7, 11) is 3.62. The van der Waals surface area contributed by atoms with Gasteiger partial charge in [0, 0.05) is 30.4 Å². The summed E-state index contributed by atoms with van der Waals surface area (Å²) in [6, 6.07) is 11.4. The smallest absolute Gasteiger partial charge is 0.259 e. The van der Waals surface area contributed by atoms with Gasteiger partial charge in [0.15, 0.2) is 0 Å². The van der Waals surface area contributed by atoms with Crippen molar-refractivity contribution in [3.8, 4) is 28.6 Å². The Morgan fingerprint density at radius 3 is 2.56 bits per heavy atom. The SMILES string of the molecule is COc1ccc(-c2noc(-c3ccc(N(C)Cc4nccs4)nc3)n2)cc1. The maximum atomic E-state index is 5.39. The van der Waals surface area contributed by atoms with Gasteiger partial charge in [-0.15, -0.1) is 11.3 Å². The topological polar surface area (TPSA) is 77.2 Å². The van der Waals surface area contributed by atoms with Crippen LogP contribution in [0.25, 0.3) is 22.8 Å². The van der Waals surface area contributed by atoms with Crippen molar-refractivity contribution in [2.24, 2.45) is 0 Å². The second kappa shape index (κ2) is 7.55. The Morgan fingerprint density at radius 2 is 1.89 bits per heavy atom. The second-order valence-corrected chi connectivity index (χ2v) is 6.82. The molecule has 4 aromatic rings. The van der Waals surface area contributed by atoms with Crippen LogP contribution < -0.4 is 9.64 Å². The molecule has 3 heterocycles. The average molecular weight is 379 g/mol. The van der Waals surface area contributed by atoms with Crippen LogP contribution in [0.15, 0.2) is 58.7 Å². The lowest BCUT2D eigenvalue weighted by atomic mass is 10.2. The van der Waals surface area contributed by atoms with Crippen molar-refractivity contribution in [1.29, 1.82) is 0 Å². The maximum Gasteiger partial charge on any atom is 0.259 e. The van der Waals surface area contributed by atoms with Crippen LogP contribution in [0.1, 0.15) is 5.01 Å². The van der Waals surface area contributed by atoms with Gasteiger partial charge in [0.05, 0.1) is 19.2 Å². The van der Waals surface area contributed by atoms with Crippen molar-refractivity contribution < 1.29 is 9.26 Å². The number of ether oxygens (including phenoxy) is 1. The number of rotatable bonds is 6. The van der Waals surface area contributed by atoms with E-state index in [1.54, 1.807) is 30.8 Å². The van der Waals surface area contributed by atoms with Crippen LogP contribution in [-0.2, 0) is 6.54 Å². The van der Waals surface area contributed by atoms with Crippen molar-refractivity contribution in [3.05, 3.63) is 59.2 Å². The predicted octanol–water partition coefficient (Wildman–Crippen LogP) is 3.90. The first-order valence-electron chi connectivity index (χ1n) is 8.27. The molecule has 0 atom stereocenters. The second-order valence-electron chi connectivity index (χ2n) is 5.84. The van der Waals surface area contributed by atoms with Gasteiger partial charge in [0.1, 0.15) is 16.6 Å². The number of pyridine rings is 1. The zero-order valence-electron chi connectivity index (χ0n) is 14.9. The van der Waals surface area contributed by atoms with E-state index in [9.17, 15) is 0 Å². The molecule has 0 aliphatic carbocycles. The molecule has 0 amide bonds. The van der Waals surface area contributed by atoms with Crippen molar-refractivity contribution in [2.45, 2.75) is 6.54 Å². The van der Waals surface area contributed by atoms with Crippen LogP contribution in [0, 0.1) is 0 Å². The molecule has 0 aliphatic rings. The van der Waals surface area contributed by atoms with Crippen molar-refractivity contribution in [1.82, 2.24) is 20.1 Å². The highest BCUT2D eigenvalue weighted by Crippen LogP contribution is 2.24. The number of anilines is 1. The number of hydrogen-bond donors (Lipinski definition) is 0. The summed E-state index contributed by atoms with van der Waals surface area (Å²) in [5, 5.41) is 7.07. The molecule has 7 nitrogen and oxygen atoms in total. The molecule has 0 bridgehead atoms. The number of thiazole rings is 1. The Morgan fingerprint density at radius 1 is 1.07 bits per heavy atom. The molecule has 0 saturated carbocycles. The summed E-state index contributed by atoms with van der Waals surface area (Å²) in [5.41, 5.74) is 1.63. The highest BCUT2D eigenvalue weighted by atomic mass is 32.1. The molecule has 4 rings (SSSR count). The number of methoxy groups -OCH3 is 1. The van der Waals surface area contributed by atoms with Gasteiger partial charge in [0.2, 0.25) is 5.82 Å². The largest absolute Gasteiger partial charge is 0.497 e. The third kappa shape index (κ3) is 3.80. The number of benzene rings is 1. The molecule has 0 fully saturated rings. The number of nitrogens with zero attached hydrogens (tertiary/aromatic N) is 5. The van der Waals surface area contributed by atoms with Crippen LogP contribution in [0.4, 0.5) is 5.82 Å². The van der Waals surface area contributed by atoms with E-state index in [2.05, 4.69) is 20.1 Å². The first-order valence-corrected chi connectivity index (χ1v) is 9.15. The van der Waals surface area contributed by atoms with E-state index in [-0.39, 0.29) is 0 Å². The predicted molar refractivity (Wildman–Crippen MR) is 104 cm³/mol. The molecule has 0 N–H and O–H groups in total. The molecule has 0 saturated heterocycles. The summed E-state index contributed by atoms with van der Waals surface area (Å²) in [6.07, 6.45) is 3.54. The van der Waals surface area contributed by atoms with Gasteiger partial charge in [-0.05, 0) is 36.4 Å². The lowest BCUT2D eigenvalue weighted by Crippen LogP contribution is -2.17. The van der Waals surface area contributed by atoms with E-state index in [0.29, 0.717) is 18.3 Å². The summed E-state index contributed by atoms with van der Waals surface area (Å²) in [4.78, 5) is 15.3. The van der Waals surface area contributed by atoms with Crippen molar-refractivity contribution in [3.63, 3.8) is 0 Å². The zero-order chi connectivity index (χ0) is 18.6. The fourth-order valence-electron chi connectivity index (χ4n) is 2.55. The van der Waals surface area contributed by atoms with Crippen molar-refractivity contribution in [2.75, 3.05) is 19.1 Å². The molecule has 3 aromatic heterocycles. The Hall–Kier alpha value is -3.26. The first kappa shape index (κ1) is 17.2. The van der Waals surface area contributed by atoms with Crippen LogP contribution in [0.3, 0.4) is 0 Å². The number of hydrogen-bond acceptors (Lipinski definition) is 8. The Labute approximate surface area is 160 Å². The summed E-state index contributed by atoms with van der Waals surface area (Å²) >= 11 is 1.63. The third-order valence-electron chi connectivity index (χ3n) is 4.02. The van der Waals surface area contributed by atoms with Gasteiger partial charge in [-0.25, -0.2) is 9.97 Å². The molecule has 0 spiro atoms. The minimum Gasteiger partial charge on any atom is -0.497 e. The lowest BCUT2D eigenvalue weighted by molar-refractivity contribution is 0.415. The molecule has 0 unspecified atom stereocenters. The highest BCUT2D eigenvalue weighted by molar-refractivity contribution is 7.09. The van der Waals surface area contributed by atoms with E-state index in [1.807, 2.05) is 53.7 Å². The van der Waals surface area contributed by atoms with Gasteiger partial charge in [-0.1, -0.05) is 5.16 Å². The van der Waals surface area contributed by atoms with E-state index < -0.39 is 0 Å². The van der Waals surface area contributed by atoms with Crippen LogP contribution in [0.5, 0.6) is 5.75 Å². The normalized spacial score (nSPS) is 10.7. The van der Waals surface area contributed by atoms with Gasteiger partial charge in [0.25, 0.3) is 5.89 Å². The van der Waals surface area contributed by atoms with Gasteiger partial charge in [-0.2, -0.15) is 4.98 Å². The Kier molecular flexibility index (Phi) is 4.80. The average Bonchev–Trinajstić information content (AvgIpc) is 3.40. The van der Waals surface area contributed by atoms with Gasteiger partial charge >= 0.3 is 0 Å². The molecule has 0 radical (unpaired) electrons. The molecular weight excluding hydrogens is 362 g/mol. The lowest BCUT2D eigenvalue weighted by Gasteiger charge is -2.16. The molecule has 1 aromatic carbocycles. The molecule has 8 heteroatoms. The molecule has 0 aliphatic heterocycles. The minimum absolute atomic E-state index is 0.433. The first-order chi connectivity index (χ1) is 13.2. The zero-order valence-corrected chi connectivity index (χ0v) is 15.7. The van der Waals surface area contributed by atoms with Crippen LogP contribution >= 0.6 is 11.3 Å². The molecule has 27 heavy (non-hydrogen) atoms. The Balaban J connectivity index is 1.49.